The van der Waals surface area contributed by atoms with E-state index in [1.165, 1.54) is 17.8 Å². The highest BCUT2D eigenvalue weighted by Gasteiger charge is 2.16. The van der Waals surface area contributed by atoms with Crippen LogP contribution in [0.2, 0.25) is 0 Å². The van der Waals surface area contributed by atoms with Crippen LogP contribution in [0, 0.1) is 17.0 Å². The maximum Gasteiger partial charge on any atom is 0.278 e. The summed E-state index contributed by atoms with van der Waals surface area (Å²) in [5.74, 6) is 0.830. The average Bonchev–Trinajstić information content (AvgIpc) is 2.62. The molecule has 0 spiro atoms. The number of rotatable bonds is 6. The summed E-state index contributed by atoms with van der Waals surface area (Å²) in [4.78, 5) is 16.9. The summed E-state index contributed by atoms with van der Waals surface area (Å²) < 4.78 is 5.76. The molecule has 1 heterocycles. The zero-order valence-corrected chi connectivity index (χ0v) is 14.2. The van der Waals surface area contributed by atoms with Gasteiger partial charge in [0.15, 0.2) is 0 Å². The number of aromatic nitrogens is 1. The number of nitrogens with zero attached hydrogens (tertiary/aromatic N) is 3. The van der Waals surface area contributed by atoms with E-state index in [0.29, 0.717) is 18.5 Å². The van der Waals surface area contributed by atoms with Crippen LogP contribution in [0.5, 0.6) is 5.75 Å². The lowest BCUT2D eigenvalue weighted by Crippen LogP contribution is -2.24. The van der Waals surface area contributed by atoms with E-state index in [-0.39, 0.29) is 10.6 Å². The Morgan fingerprint density at radius 3 is 2.60 bits per heavy atom. The highest BCUT2D eigenvalue weighted by atomic mass is 16.6. The molecule has 6 nitrogen and oxygen atoms in total. The van der Waals surface area contributed by atoms with Crippen LogP contribution in [-0.4, -0.2) is 30.1 Å². The van der Waals surface area contributed by atoms with Gasteiger partial charge in [0.2, 0.25) is 0 Å². The molecule has 0 fully saturated rings. The summed E-state index contributed by atoms with van der Waals surface area (Å²) in [6.07, 6.45) is 3.18. The molecule has 0 saturated carbocycles. The minimum atomic E-state index is -0.381. The van der Waals surface area contributed by atoms with E-state index in [0.717, 1.165) is 16.8 Å². The predicted octanol–water partition coefficient (Wildman–Crippen LogP) is 3.97. The highest BCUT2D eigenvalue weighted by Crippen LogP contribution is 2.32. The van der Waals surface area contributed by atoms with Gasteiger partial charge in [-0.05, 0) is 31.2 Å². The number of non-ortho nitro benzene ring substituents is 1. The van der Waals surface area contributed by atoms with Crippen molar-refractivity contribution in [3.8, 4) is 5.75 Å². The standard InChI is InChI=1S/C19H19N3O3/c1-14-3-5-15(6-4-14)25-12-11-21(2)18-7-8-19(22(23)24)17-13-20-10-9-16(17)18/h3-10,13H,11-12H2,1-2H3. The van der Waals surface area contributed by atoms with E-state index < -0.39 is 0 Å². The minimum absolute atomic E-state index is 0.0659. The maximum absolute atomic E-state index is 11.2. The third kappa shape index (κ3) is 3.68. The Morgan fingerprint density at radius 1 is 1.12 bits per heavy atom. The summed E-state index contributed by atoms with van der Waals surface area (Å²) in [6, 6.07) is 13.0. The molecule has 0 aliphatic heterocycles. The van der Waals surface area contributed by atoms with E-state index in [4.69, 9.17) is 4.74 Å². The molecule has 6 heteroatoms. The van der Waals surface area contributed by atoms with Gasteiger partial charge in [-0.15, -0.1) is 0 Å². The van der Waals surface area contributed by atoms with E-state index in [1.807, 2.05) is 43.1 Å². The largest absolute Gasteiger partial charge is 0.492 e. The number of hydrogen-bond acceptors (Lipinski definition) is 5. The van der Waals surface area contributed by atoms with Gasteiger partial charge in [0.25, 0.3) is 5.69 Å². The highest BCUT2D eigenvalue weighted by molar-refractivity contribution is 5.99. The van der Waals surface area contributed by atoms with E-state index in [1.54, 1.807) is 18.3 Å². The molecule has 2 aromatic carbocycles. The Morgan fingerprint density at radius 2 is 1.88 bits per heavy atom. The number of fused-ring (bicyclic) bond motifs is 1. The summed E-state index contributed by atoms with van der Waals surface area (Å²) in [6.45, 7) is 3.21. The van der Waals surface area contributed by atoms with Gasteiger partial charge in [-0.25, -0.2) is 0 Å². The summed E-state index contributed by atoms with van der Waals surface area (Å²) >= 11 is 0. The summed E-state index contributed by atoms with van der Waals surface area (Å²) in [5.41, 5.74) is 2.17. The predicted molar refractivity (Wildman–Crippen MR) is 98.3 cm³/mol. The summed E-state index contributed by atoms with van der Waals surface area (Å²) in [5, 5.41) is 12.5. The third-order valence-corrected chi connectivity index (χ3v) is 4.10. The van der Waals surface area contributed by atoms with Crippen molar-refractivity contribution in [3.63, 3.8) is 0 Å². The second-order valence-electron chi connectivity index (χ2n) is 5.87. The van der Waals surface area contributed by atoms with Gasteiger partial charge in [-0.1, -0.05) is 17.7 Å². The van der Waals surface area contributed by atoms with E-state index >= 15 is 0 Å². The smallest absolute Gasteiger partial charge is 0.278 e. The molecule has 3 aromatic rings. The molecular formula is C19H19N3O3. The molecule has 128 valence electrons. The zero-order chi connectivity index (χ0) is 17.8. The van der Waals surface area contributed by atoms with Crippen LogP contribution in [0.25, 0.3) is 10.8 Å². The topological polar surface area (TPSA) is 68.5 Å². The maximum atomic E-state index is 11.2. The molecule has 0 N–H and O–H groups in total. The minimum Gasteiger partial charge on any atom is -0.492 e. The van der Waals surface area contributed by atoms with Gasteiger partial charge >= 0.3 is 0 Å². The van der Waals surface area contributed by atoms with E-state index in [9.17, 15) is 10.1 Å². The first-order valence-corrected chi connectivity index (χ1v) is 7.98. The van der Waals surface area contributed by atoms with Crippen LogP contribution >= 0.6 is 0 Å². The number of anilines is 1. The Balaban J connectivity index is 1.76. The SMILES string of the molecule is Cc1ccc(OCCN(C)c2ccc([N+](=O)[O-])c3cnccc23)cc1. The third-order valence-electron chi connectivity index (χ3n) is 4.10. The second kappa shape index (κ2) is 7.17. The molecule has 0 atom stereocenters. The average molecular weight is 337 g/mol. The number of likely N-dealkylation sites (N-methyl/N-ethyl adjacent to an activating group) is 1. The molecule has 0 aliphatic rings. The Hall–Kier alpha value is -3.15. The van der Waals surface area contributed by atoms with Crippen molar-refractivity contribution >= 4 is 22.1 Å². The lowest BCUT2D eigenvalue weighted by Gasteiger charge is -2.21. The van der Waals surface area contributed by atoms with Crippen LogP contribution in [0.4, 0.5) is 11.4 Å². The number of ether oxygens (including phenoxy) is 1. The number of hydrogen-bond donors (Lipinski definition) is 0. The van der Waals surface area contributed by atoms with Crippen molar-refractivity contribution in [2.45, 2.75) is 6.92 Å². The van der Waals surface area contributed by atoms with Gasteiger partial charge in [-0.2, -0.15) is 0 Å². The molecular weight excluding hydrogens is 318 g/mol. The van der Waals surface area contributed by atoms with Crippen molar-refractivity contribution < 1.29 is 9.66 Å². The van der Waals surface area contributed by atoms with Crippen LogP contribution in [0.3, 0.4) is 0 Å². The molecule has 0 amide bonds. The van der Waals surface area contributed by atoms with Gasteiger partial charge < -0.3 is 9.64 Å². The number of aryl methyl sites for hydroxylation is 1. The fourth-order valence-corrected chi connectivity index (χ4v) is 2.71. The molecule has 3 rings (SSSR count). The van der Waals surface area contributed by atoms with Crippen molar-refractivity contribution in [3.05, 3.63) is 70.5 Å². The van der Waals surface area contributed by atoms with Gasteiger partial charge in [-0.3, -0.25) is 15.1 Å². The van der Waals surface area contributed by atoms with Crippen LogP contribution in [-0.2, 0) is 0 Å². The van der Waals surface area contributed by atoms with Crippen LogP contribution < -0.4 is 9.64 Å². The zero-order valence-electron chi connectivity index (χ0n) is 14.2. The molecule has 0 unspecified atom stereocenters. The van der Waals surface area contributed by atoms with Crippen LogP contribution in [0.15, 0.2) is 54.9 Å². The molecule has 0 bridgehead atoms. The summed E-state index contributed by atoms with van der Waals surface area (Å²) in [7, 11) is 1.94. The fourth-order valence-electron chi connectivity index (χ4n) is 2.71. The number of benzene rings is 2. The molecule has 0 aliphatic carbocycles. The molecule has 1 aromatic heterocycles. The van der Waals surface area contributed by atoms with Crippen molar-refractivity contribution in [1.82, 2.24) is 4.98 Å². The monoisotopic (exact) mass is 337 g/mol. The Kier molecular flexibility index (Phi) is 4.79. The van der Waals surface area contributed by atoms with Crippen molar-refractivity contribution in [2.75, 3.05) is 25.1 Å². The first-order chi connectivity index (χ1) is 12.1. The Bertz CT molecular complexity index is 894. The van der Waals surface area contributed by atoms with Crippen LogP contribution in [0.1, 0.15) is 5.56 Å². The lowest BCUT2D eigenvalue weighted by molar-refractivity contribution is -0.383. The normalized spacial score (nSPS) is 10.6. The first kappa shape index (κ1) is 16.7. The van der Waals surface area contributed by atoms with E-state index in [2.05, 4.69) is 4.98 Å². The number of nitro benzene ring substituents is 1. The lowest BCUT2D eigenvalue weighted by atomic mass is 10.1. The van der Waals surface area contributed by atoms with Gasteiger partial charge in [0.1, 0.15) is 12.4 Å². The van der Waals surface area contributed by atoms with Crippen molar-refractivity contribution in [1.29, 1.82) is 0 Å². The molecule has 25 heavy (non-hydrogen) atoms. The Labute approximate surface area is 145 Å². The first-order valence-electron chi connectivity index (χ1n) is 7.98. The number of nitro groups is 1. The van der Waals surface area contributed by atoms with Gasteiger partial charge in [0, 0.05) is 36.6 Å². The fraction of sp³-hybridized carbons (Fsp3) is 0.211. The van der Waals surface area contributed by atoms with Gasteiger partial charge in [0.05, 0.1) is 16.9 Å². The number of pyridine rings is 1. The molecule has 0 saturated heterocycles. The quantitative estimate of drug-likeness (QED) is 0.503. The second-order valence-corrected chi connectivity index (χ2v) is 5.87. The molecule has 0 radical (unpaired) electrons. The van der Waals surface area contributed by atoms with Crippen molar-refractivity contribution in [2.24, 2.45) is 0 Å².